The molecule has 0 unspecified atom stereocenters. The fraction of sp³-hybridized carbons (Fsp3) is 0.208. The highest BCUT2D eigenvalue weighted by Crippen LogP contribution is 2.24. The van der Waals surface area contributed by atoms with Crippen molar-refractivity contribution < 1.29 is 13.2 Å². The summed E-state index contributed by atoms with van der Waals surface area (Å²) < 4.78 is 26.9. The van der Waals surface area contributed by atoms with Gasteiger partial charge in [-0.3, -0.25) is 9.10 Å². The Balaban J connectivity index is 1.81. The molecule has 0 radical (unpaired) electrons. The lowest BCUT2D eigenvalue weighted by atomic mass is 10.1. The van der Waals surface area contributed by atoms with Crippen LogP contribution in [0.2, 0.25) is 0 Å². The number of nitrogens with zero attached hydrogens (tertiary/aromatic N) is 1. The van der Waals surface area contributed by atoms with Crippen molar-refractivity contribution in [1.29, 1.82) is 0 Å². The lowest BCUT2D eigenvalue weighted by Crippen LogP contribution is -2.26. The van der Waals surface area contributed by atoms with Crippen molar-refractivity contribution in [1.82, 2.24) is 0 Å². The molecule has 0 heterocycles. The smallest absolute Gasteiger partial charge is 0.264 e. The molecule has 1 amide bonds. The molecule has 0 aliphatic carbocycles. The van der Waals surface area contributed by atoms with Gasteiger partial charge in [0.05, 0.1) is 10.6 Å². The van der Waals surface area contributed by atoms with Crippen molar-refractivity contribution >= 4 is 27.3 Å². The van der Waals surface area contributed by atoms with Gasteiger partial charge >= 0.3 is 0 Å². The highest BCUT2D eigenvalue weighted by atomic mass is 32.2. The summed E-state index contributed by atoms with van der Waals surface area (Å²) in [6, 6.07) is 19.2. The largest absolute Gasteiger partial charge is 0.321 e. The van der Waals surface area contributed by atoms with E-state index in [1.54, 1.807) is 48.5 Å². The van der Waals surface area contributed by atoms with Gasteiger partial charge in [0.2, 0.25) is 0 Å². The van der Waals surface area contributed by atoms with Crippen molar-refractivity contribution in [2.75, 3.05) is 16.7 Å². The van der Waals surface area contributed by atoms with Crippen LogP contribution in [0.15, 0.2) is 71.6 Å². The number of benzene rings is 3. The minimum Gasteiger partial charge on any atom is -0.321 e. The molecule has 3 rings (SSSR count). The SMILES string of the molecule is CCc1cccc(C)c1NC(=O)c1ccc(N(C)S(=O)(=O)c2ccc(C)cc2)cc1. The van der Waals surface area contributed by atoms with Gasteiger partial charge in [0, 0.05) is 18.3 Å². The summed E-state index contributed by atoms with van der Waals surface area (Å²) >= 11 is 0. The van der Waals surface area contributed by atoms with Gasteiger partial charge in [0.15, 0.2) is 0 Å². The zero-order chi connectivity index (χ0) is 21.9. The summed E-state index contributed by atoms with van der Waals surface area (Å²) in [4.78, 5) is 12.9. The molecule has 3 aromatic carbocycles. The van der Waals surface area contributed by atoms with Gasteiger partial charge in [-0.15, -0.1) is 0 Å². The second-order valence-electron chi connectivity index (χ2n) is 7.25. The van der Waals surface area contributed by atoms with Crippen molar-refractivity contribution in [2.45, 2.75) is 32.1 Å². The third-order valence-corrected chi connectivity index (χ3v) is 6.95. The fourth-order valence-electron chi connectivity index (χ4n) is 3.22. The lowest BCUT2D eigenvalue weighted by Gasteiger charge is -2.20. The quantitative estimate of drug-likeness (QED) is 0.612. The van der Waals surface area contributed by atoms with Gasteiger partial charge in [0.1, 0.15) is 0 Å². The highest BCUT2D eigenvalue weighted by molar-refractivity contribution is 7.92. The van der Waals surface area contributed by atoms with Gasteiger partial charge in [-0.05, 0) is 67.8 Å². The zero-order valence-electron chi connectivity index (χ0n) is 17.6. The van der Waals surface area contributed by atoms with E-state index in [0.29, 0.717) is 11.3 Å². The monoisotopic (exact) mass is 422 g/mol. The lowest BCUT2D eigenvalue weighted by molar-refractivity contribution is 0.102. The minimum absolute atomic E-state index is 0.226. The summed E-state index contributed by atoms with van der Waals surface area (Å²) in [6.45, 7) is 5.91. The molecule has 156 valence electrons. The van der Waals surface area contributed by atoms with E-state index in [1.807, 2.05) is 39.0 Å². The number of para-hydroxylation sites is 1. The van der Waals surface area contributed by atoms with Crippen LogP contribution in [0.3, 0.4) is 0 Å². The van der Waals surface area contributed by atoms with Crippen molar-refractivity contribution in [3.63, 3.8) is 0 Å². The van der Waals surface area contributed by atoms with E-state index in [2.05, 4.69) is 5.32 Å². The molecular weight excluding hydrogens is 396 g/mol. The van der Waals surface area contributed by atoms with Crippen molar-refractivity contribution in [3.05, 3.63) is 89.0 Å². The Morgan fingerprint density at radius 2 is 1.57 bits per heavy atom. The minimum atomic E-state index is -3.67. The summed E-state index contributed by atoms with van der Waals surface area (Å²) in [6.07, 6.45) is 0.817. The number of nitrogens with one attached hydrogen (secondary N) is 1. The number of hydrogen-bond acceptors (Lipinski definition) is 3. The molecule has 0 atom stereocenters. The van der Waals surface area contributed by atoms with E-state index in [4.69, 9.17) is 0 Å². The first kappa shape index (κ1) is 21.6. The van der Waals surface area contributed by atoms with Crippen LogP contribution >= 0.6 is 0 Å². The number of aryl methyl sites for hydroxylation is 3. The Bertz CT molecular complexity index is 1150. The van der Waals surface area contributed by atoms with Gasteiger partial charge in [0.25, 0.3) is 15.9 Å². The number of amides is 1. The molecule has 0 saturated carbocycles. The predicted octanol–water partition coefficient (Wildman–Crippen LogP) is 4.94. The molecule has 0 aliphatic heterocycles. The van der Waals surface area contributed by atoms with E-state index in [-0.39, 0.29) is 10.8 Å². The van der Waals surface area contributed by atoms with Crippen LogP contribution < -0.4 is 9.62 Å². The molecule has 0 fully saturated rings. The van der Waals surface area contributed by atoms with Crippen LogP contribution in [0.4, 0.5) is 11.4 Å². The standard InChI is InChI=1S/C24H26N2O3S/c1-5-19-8-6-7-18(3)23(19)25-24(27)20-11-13-21(14-12-20)26(4)30(28,29)22-15-9-17(2)10-16-22/h6-16H,5H2,1-4H3,(H,25,27). The van der Waals surface area contributed by atoms with Crippen LogP contribution in [0, 0.1) is 13.8 Å². The molecule has 3 aromatic rings. The fourth-order valence-corrected chi connectivity index (χ4v) is 4.41. The molecule has 0 aliphatic rings. The molecule has 0 bridgehead atoms. The van der Waals surface area contributed by atoms with Crippen LogP contribution in [-0.2, 0) is 16.4 Å². The van der Waals surface area contributed by atoms with Crippen molar-refractivity contribution in [2.24, 2.45) is 0 Å². The van der Waals surface area contributed by atoms with Gasteiger partial charge in [-0.1, -0.05) is 42.8 Å². The van der Waals surface area contributed by atoms with Gasteiger partial charge in [-0.2, -0.15) is 0 Å². The third-order valence-electron chi connectivity index (χ3n) is 5.15. The Hall–Kier alpha value is -3.12. The second kappa shape index (κ2) is 8.71. The number of anilines is 2. The molecule has 1 N–H and O–H groups in total. The van der Waals surface area contributed by atoms with Crippen LogP contribution in [-0.4, -0.2) is 21.4 Å². The molecule has 0 spiro atoms. The summed E-state index contributed by atoms with van der Waals surface area (Å²) in [7, 11) is -2.17. The number of hydrogen-bond donors (Lipinski definition) is 1. The molecule has 0 saturated heterocycles. The summed E-state index contributed by atoms with van der Waals surface area (Å²) in [5.74, 6) is -0.227. The molecule has 6 heteroatoms. The zero-order valence-corrected chi connectivity index (χ0v) is 18.5. The van der Waals surface area contributed by atoms with E-state index in [9.17, 15) is 13.2 Å². The van der Waals surface area contributed by atoms with Gasteiger partial charge < -0.3 is 5.32 Å². The first-order valence-corrected chi connectivity index (χ1v) is 11.2. The maximum Gasteiger partial charge on any atom is 0.264 e. The number of carbonyl (C=O) groups excluding carboxylic acids is 1. The Morgan fingerprint density at radius 1 is 0.933 bits per heavy atom. The Morgan fingerprint density at radius 3 is 2.17 bits per heavy atom. The number of sulfonamides is 1. The Kier molecular flexibility index (Phi) is 6.27. The Labute approximate surface area is 178 Å². The molecular formula is C24H26N2O3S. The molecule has 5 nitrogen and oxygen atoms in total. The first-order chi connectivity index (χ1) is 14.2. The average Bonchev–Trinajstić information content (AvgIpc) is 2.75. The van der Waals surface area contributed by atoms with Crippen molar-refractivity contribution in [3.8, 4) is 0 Å². The average molecular weight is 423 g/mol. The molecule has 30 heavy (non-hydrogen) atoms. The first-order valence-electron chi connectivity index (χ1n) is 9.79. The summed E-state index contributed by atoms with van der Waals surface area (Å²) in [5.41, 5.74) is 4.84. The predicted molar refractivity (Wildman–Crippen MR) is 122 cm³/mol. The second-order valence-corrected chi connectivity index (χ2v) is 9.22. The normalized spacial score (nSPS) is 11.2. The van der Waals surface area contributed by atoms with E-state index < -0.39 is 10.0 Å². The van der Waals surface area contributed by atoms with Crippen LogP contribution in [0.25, 0.3) is 0 Å². The highest BCUT2D eigenvalue weighted by Gasteiger charge is 2.21. The van der Waals surface area contributed by atoms with Crippen LogP contribution in [0.5, 0.6) is 0 Å². The van der Waals surface area contributed by atoms with E-state index in [0.717, 1.165) is 28.8 Å². The molecule has 0 aromatic heterocycles. The number of rotatable bonds is 6. The maximum atomic E-state index is 12.9. The van der Waals surface area contributed by atoms with E-state index in [1.165, 1.54) is 11.4 Å². The maximum absolute atomic E-state index is 12.9. The third kappa shape index (κ3) is 4.39. The topological polar surface area (TPSA) is 66.5 Å². The van der Waals surface area contributed by atoms with E-state index >= 15 is 0 Å². The number of carbonyl (C=O) groups is 1. The summed E-state index contributed by atoms with van der Waals surface area (Å²) in [5, 5.41) is 2.99. The van der Waals surface area contributed by atoms with Crippen LogP contribution in [0.1, 0.15) is 34.0 Å². The van der Waals surface area contributed by atoms with Gasteiger partial charge in [-0.25, -0.2) is 8.42 Å².